The molecule has 0 unspecified atom stereocenters. The van der Waals surface area contributed by atoms with E-state index in [1.807, 2.05) is 12.1 Å². The van der Waals surface area contributed by atoms with Crippen LogP contribution in [-0.4, -0.2) is 17.0 Å². The summed E-state index contributed by atoms with van der Waals surface area (Å²) in [5.74, 6) is 1.85. The largest absolute Gasteiger partial charge is 0.439 e. The van der Waals surface area contributed by atoms with E-state index >= 15 is 0 Å². The van der Waals surface area contributed by atoms with Crippen LogP contribution in [0.2, 0.25) is 0 Å². The van der Waals surface area contributed by atoms with E-state index in [2.05, 4.69) is 48.2 Å². The maximum absolute atomic E-state index is 5.70. The highest BCUT2D eigenvalue weighted by molar-refractivity contribution is 5.34. The number of ether oxygens (including phenoxy) is 1. The zero-order chi connectivity index (χ0) is 13.9. The third-order valence-electron chi connectivity index (χ3n) is 2.80. The first-order chi connectivity index (χ1) is 8.99. The Balaban J connectivity index is 2.15. The lowest BCUT2D eigenvalue weighted by molar-refractivity contribution is 0.461. The van der Waals surface area contributed by atoms with Gasteiger partial charge in [-0.1, -0.05) is 32.9 Å². The standard InChI is InChI=1S/C15H19N3O/c1-15(2,3)11-5-7-12(8-6-11)19-13-9-10-17-14(16-4)18-13/h5-10H,1-4H3,(H,16,17,18). The number of anilines is 1. The molecule has 1 heterocycles. The molecule has 0 aliphatic carbocycles. The smallest absolute Gasteiger partial charge is 0.225 e. The Labute approximate surface area is 113 Å². The zero-order valence-corrected chi connectivity index (χ0v) is 11.8. The van der Waals surface area contributed by atoms with E-state index in [1.54, 1.807) is 19.3 Å². The molecule has 4 nitrogen and oxygen atoms in total. The van der Waals surface area contributed by atoms with E-state index in [4.69, 9.17) is 4.74 Å². The van der Waals surface area contributed by atoms with Crippen molar-refractivity contribution in [2.75, 3.05) is 12.4 Å². The van der Waals surface area contributed by atoms with Crippen LogP contribution < -0.4 is 10.1 Å². The van der Waals surface area contributed by atoms with Crippen LogP contribution in [0.1, 0.15) is 26.3 Å². The van der Waals surface area contributed by atoms with Crippen LogP contribution in [0.5, 0.6) is 11.6 Å². The number of rotatable bonds is 3. The summed E-state index contributed by atoms with van der Waals surface area (Å²) >= 11 is 0. The maximum Gasteiger partial charge on any atom is 0.225 e. The molecule has 1 aromatic heterocycles. The Bertz CT molecular complexity index is 544. The van der Waals surface area contributed by atoms with Gasteiger partial charge in [-0.2, -0.15) is 4.98 Å². The van der Waals surface area contributed by atoms with E-state index in [-0.39, 0.29) is 5.41 Å². The predicted octanol–water partition coefficient (Wildman–Crippen LogP) is 3.61. The van der Waals surface area contributed by atoms with Crippen LogP contribution in [0.15, 0.2) is 36.5 Å². The van der Waals surface area contributed by atoms with Gasteiger partial charge < -0.3 is 10.1 Å². The van der Waals surface area contributed by atoms with Crippen molar-refractivity contribution in [2.24, 2.45) is 0 Å². The molecule has 0 spiro atoms. The summed E-state index contributed by atoms with van der Waals surface area (Å²) in [4.78, 5) is 8.26. The summed E-state index contributed by atoms with van der Waals surface area (Å²) in [5, 5.41) is 2.88. The lowest BCUT2D eigenvalue weighted by Crippen LogP contribution is -2.10. The van der Waals surface area contributed by atoms with E-state index in [1.165, 1.54) is 5.56 Å². The van der Waals surface area contributed by atoms with Crippen molar-refractivity contribution in [3.8, 4) is 11.6 Å². The van der Waals surface area contributed by atoms with Gasteiger partial charge in [0.2, 0.25) is 11.8 Å². The molecule has 0 bridgehead atoms. The maximum atomic E-state index is 5.70. The summed E-state index contributed by atoms with van der Waals surface area (Å²) in [7, 11) is 1.78. The Morgan fingerprint density at radius 3 is 2.32 bits per heavy atom. The predicted molar refractivity (Wildman–Crippen MR) is 76.8 cm³/mol. The average Bonchev–Trinajstić information content (AvgIpc) is 2.38. The van der Waals surface area contributed by atoms with Crippen molar-refractivity contribution in [2.45, 2.75) is 26.2 Å². The first kappa shape index (κ1) is 13.3. The third-order valence-corrected chi connectivity index (χ3v) is 2.80. The van der Waals surface area contributed by atoms with Gasteiger partial charge in [0.05, 0.1) is 0 Å². The molecule has 0 saturated heterocycles. The second kappa shape index (κ2) is 5.26. The van der Waals surface area contributed by atoms with E-state index in [0.29, 0.717) is 11.8 Å². The second-order valence-electron chi connectivity index (χ2n) is 5.34. The Kier molecular flexibility index (Phi) is 3.69. The number of aromatic nitrogens is 2. The molecular formula is C15H19N3O. The molecule has 2 aromatic rings. The normalized spacial score (nSPS) is 11.2. The lowest BCUT2D eigenvalue weighted by atomic mass is 9.87. The topological polar surface area (TPSA) is 47.0 Å². The summed E-state index contributed by atoms with van der Waals surface area (Å²) in [6.45, 7) is 6.56. The van der Waals surface area contributed by atoms with Gasteiger partial charge in [0.25, 0.3) is 0 Å². The molecule has 0 radical (unpaired) electrons. The third kappa shape index (κ3) is 3.44. The van der Waals surface area contributed by atoms with Gasteiger partial charge in [-0.25, -0.2) is 4.98 Å². The highest BCUT2D eigenvalue weighted by atomic mass is 16.5. The molecule has 100 valence electrons. The SMILES string of the molecule is CNc1nccc(Oc2ccc(C(C)(C)C)cc2)n1. The lowest BCUT2D eigenvalue weighted by Gasteiger charge is -2.19. The number of benzene rings is 1. The van der Waals surface area contributed by atoms with Gasteiger partial charge in [-0.15, -0.1) is 0 Å². The van der Waals surface area contributed by atoms with Crippen molar-refractivity contribution in [1.29, 1.82) is 0 Å². The van der Waals surface area contributed by atoms with Crippen molar-refractivity contribution in [1.82, 2.24) is 9.97 Å². The molecular weight excluding hydrogens is 238 g/mol. The molecule has 1 aromatic carbocycles. The highest BCUT2D eigenvalue weighted by Gasteiger charge is 2.13. The van der Waals surface area contributed by atoms with Crippen LogP contribution in [0.4, 0.5) is 5.95 Å². The molecule has 0 fully saturated rings. The van der Waals surface area contributed by atoms with Crippen molar-refractivity contribution >= 4 is 5.95 Å². The first-order valence-corrected chi connectivity index (χ1v) is 6.28. The molecule has 0 saturated carbocycles. The van der Waals surface area contributed by atoms with Gasteiger partial charge >= 0.3 is 0 Å². The Hall–Kier alpha value is -2.10. The molecule has 2 rings (SSSR count). The molecule has 0 amide bonds. The summed E-state index contributed by atoms with van der Waals surface area (Å²) in [6.07, 6.45) is 1.66. The van der Waals surface area contributed by atoms with Crippen LogP contribution in [0.25, 0.3) is 0 Å². The van der Waals surface area contributed by atoms with Crippen molar-refractivity contribution in [3.63, 3.8) is 0 Å². The Morgan fingerprint density at radius 2 is 1.74 bits per heavy atom. The zero-order valence-electron chi connectivity index (χ0n) is 11.8. The summed E-state index contributed by atoms with van der Waals surface area (Å²) in [6, 6.07) is 9.81. The molecule has 0 aliphatic rings. The van der Waals surface area contributed by atoms with Crippen LogP contribution in [0, 0.1) is 0 Å². The molecule has 0 aliphatic heterocycles. The van der Waals surface area contributed by atoms with Crippen LogP contribution in [-0.2, 0) is 5.41 Å². The minimum atomic E-state index is 0.146. The van der Waals surface area contributed by atoms with Gasteiger partial charge in [0.1, 0.15) is 5.75 Å². The molecule has 19 heavy (non-hydrogen) atoms. The minimum absolute atomic E-state index is 0.146. The number of nitrogens with zero attached hydrogens (tertiary/aromatic N) is 2. The molecule has 4 heteroatoms. The molecule has 0 atom stereocenters. The van der Waals surface area contributed by atoms with E-state index in [9.17, 15) is 0 Å². The van der Waals surface area contributed by atoms with Gasteiger partial charge in [-0.05, 0) is 23.1 Å². The number of hydrogen-bond donors (Lipinski definition) is 1. The van der Waals surface area contributed by atoms with Crippen molar-refractivity contribution in [3.05, 3.63) is 42.1 Å². The van der Waals surface area contributed by atoms with Crippen LogP contribution >= 0.6 is 0 Å². The summed E-state index contributed by atoms with van der Waals surface area (Å²) in [5.41, 5.74) is 1.42. The van der Waals surface area contributed by atoms with E-state index < -0.39 is 0 Å². The Morgan fingerprint density at radius 1 is 1.05 bits per heavy atom. The quantitative estimate of drug-likeness (QED) is 0.912. The van der Waals surface area contributed by atoms with E-state index in [0.717, 1.165) is 5.75 Å². The molecule has 1 N–H and O–H groups in total. The summed E-state index contributed by atoms with van der Waals surface area (Å²) < 4.78 is 5.70. The van der Waals surface area contributed by atoms with Crippen molar-refractivity contribution < 1.29 is 4.74 Å². The fraction of sp³-hybridized carbons (Fsp3) is 0.333. The van der Waals surface area contributed by atoms with Crippen LogP contribution in [0.3, 0.4) is 0 Å². The van der Waals surface area contributed by atoms with Gasteiger partial charge in [0.15, 0.2) is 0 Å². The monoisotopic (exact) mass is 257 g/mol. The minimum Gasteiger partial charge on any atom is -0.439 e. The number of nitrogens with one attached hydrogen (secondary N) is 1. The van der Waals surface area contributed by atoms with Gasteiger partial charge in [-0.3, -0.25) is 0 Å². The average molecular weight is 257 g/mol. The fourth-order valence-corrected chi connectivity index (χ4v) is 1.66. The second-order valence-corrected chi connectivity index (χ2v) is 5.34. The number of hydrogen-bond acceptors (Lipinski definition) is 4. The highest BCUT2D eigenvalue weighted by Crippen LogP contribution is 2.26. The van der Waals surface area contributed by atoms with Gasteiger partial charge in [0, 0.05) is 19.3 Å². The first-order valence-electron chi connectivity index (χ1n) is 6.28. The fourth-order valence-electron chi connectivity index (χ4n) is 1.66.